The van der Waals surface area contributed by atoms with Crippen LogP contribution in [0.4, 0.5) is 0 Å². The molecule has 1 aromatic heterocycles. The van der Waals surface area contributed by atoms with E-state index >= 15 is 0 Å². The Labute approximate surface area is 89.8 Å². The van der Waals surface area contributed by atoms with E-state index in [2.05, 4.69) is 14.9 Å². The van der Waals surface area contributed by atoms with Gasteiger partial charge in [-0.3, -0.25) is 0 Å². The van der Waals surface area contributed by atoms with Crippen LogP contribution in [0.3, 0.4) is 0 Å². The normalized spacial score (nSPS) is 14.1. The maximum atomic E-state index is 11.3. The number of rotatable bonds is 5. The van der Waals surface area contributed by atoms with E-state index in [-0.39, 0.29) is 11.8 Å². The highest BCUT2D eigenvalue weighted by Crippen LogP contribution is 2.09. The molecule has 0 amide bonds. The van der Waals surface area contributed by atoms with Crippen LogP contribution in [0.25, 0.3) is 0 Å². The third-order valence-electron chi connectivity index (χ3n) is 2.11. The standard InChI is InChI=1S/C8H16N4O2S/c1-4-12-6-9-10-8(12)7(3)11-15(13,14)5-2/h6-7,11H,4-5H2,1-3H3. The van der Waals surface area contributed by atoms with Gasteiger partial charge in [-0.1, -0.05) is 0 Å². The Morgan fingerprint density at radius 3 is 2.73 bits per heavy atom. The average molecular weight is 232 g/mol. The zero-order chi connectivity index (χ0) is 11.5. The minimum absolute atomic E-state index is 0.0671. The Hall–Kier alpha value is -0.950. The van der Waals surface area contributed by atoms with Crippen LogP contribution in [-0.4, -0.2) is 28.9 Å². The largest absolute Gasteiger partial charge is 0.317 e. The summed E-state index contributed by atoms with van der Waals surface area (Å²) in [6.45, 7) is 6.03. The smallest absolute Gasteiger partial charge is 0.211 e. The first-order valence-corrected chi connectivity index (χ1v) is 6.53. The van der Waals surface area contributed by atoms with Crippen molar-refractivity contribution in [3.8, 4) is 0 Å². The van der Waals surface area contributed by atoms with E-state index in [0.29, 0.717) is 5.82 Å². The van der Waals surface area contributed by atoms with Crippen LogP contribution >= 0.6 is 0 Å². The highest BCUT2D eigenvalue weighted by atomic mass is 32.2. The van der Waals surface area contributed by atoms with Gasteiger partial charge in [0.15, 0.2) is 5.82 Å². The van der Waals surface area contributed by atoms with Gasteiger partial charge in [0.05, 0.1) is 11.8 Å². The van der Waals surface area contributed by atoms with Crippen LogP contribution in [0.5, 0.6) is 0 Å². The van der Waals surface area contributed by atoms with Crippen LogP contribution < -0.4 is 4.72 Å². The minimum atomic E-state index is -3.20. The summed E-state index contributed by atoms with van der Waals surface area (Å²) in [5.41, 5.74) is 0. The molecule has 15 heavy (non-hydrogen) atoms. The Morgan fingerprint density at radius 1 is 1.53 bits per heavy atom. The van der Waals surface area contributed by atoms with Gasteiger partial charge < -0.3 is 4.57 Å². The van der Waals surface area contributed by atoms with Crippen LogP contribution in [0, 0.1) is 0 Å². The summed E-state index contributed by atoms with van der Waals surface area (Å²) < 4.78 is 27.0. The lowest BCUT2D eigenvalue weighted by Crippen LogP contribution is -2.29. The Bertz CT molecular complexity index is 412. The van der Waals surface area contributed by atoms with E-state index in [9.17, 15) is 8.42 Å². The molecule has 1 rings (SSSR count). The van der Waals surface area contributed by atoms with Crippen molar-refractivity contribution in [3.63, 3.8) is 0 Å². The first-order valence-electron chi connectivity index (χ1n) is 4.87. The molecule has 1 N–H and O–H groups in total. The van der Waals surface area contributed by atoms with Crippen molar-refractivity contribution in [2.45, 2.75) is 33.4 Å². The lowest BCUT2D eigenvalue weighted by Gasteiger charge is -2.13. The highest BCUT2D eigenvalue weighted by molar-refractivity contribution is 7.89. The van der Waals surface area contributed by atoms with E-state index in [1.807, 2.05) is 11.5 Å². The van der Waals surface area contributed by atoms with Gasteiger partial charge in [-0.2, -0.15) is 0 Å². The maximum absolute atomic E-state index is 11.3. The molecule has 1 aromatic rings. The second kappa shape index (κ2) is 4.71. The third kappa shape index (κ3) is 3.00. The van der Waals surface area contributed by atoms with Gasteiger partial charge in [0.1, 0.15) is 6.33 Å². The monoisotopic (exact) mass is 232 g/mol. The summed E-state index contributed by atoms with van der Waals surface area (Å²) >= 11 is 0. The van der Waals surface area contributed by atoms with Gasteiger partial charge in [0, 0.05) is 6.54 Å². The summed E-state index contributed by atoms with van der Waals surface area (Å²) in [6, 6.07) is -0.350. The molecule has 0 saturated carbocycles. The molecular weight excluding hydrogens is 216 g/mol. The van der Waals surface area contributed by atoms with Crippen LogP contribution in [-0.2, 0) is 16.6 Å². The molecule has 0 aliphatic carbocycles. The van der Waals surface area contributed by atoms with Crippen molar-refractivity contribution in [2.24, 2.45) is 0 Å². The van der Waals surface area contributed by atoms with Gasteiger partial charge in [0.2, 0.25) is 10.0 Å². The van der Waals surface area contributed by atoms with E-state index in [4.69, 9.17) is 0 Å². The van der Waals surface area contributed by atoms with Crippen molar-refractivity contribution >= 4 is 10.0 Å². The quantitative estimate of drug-likeness (QED) is 0.792. The molecule has 0 aliphatic rings. The fraction of sp³-hybridized carbons (Fsp3) is 0.750. The summed E-state index contributed by atoms with van der Waals surface area (Å²) in [6.07, 6.45) is 1.59. The Kier molecular flexibility index (Phi) is 3.81. The zero-order valence-corrected chi connectivity index (χ0v) is 9.95. The second-order valence-corrected chi connectivity index (χ2v) is 5.26. The summed E-state index contributed by atoms with van der Waals surface area (Å²) in [5.74, 6) is 0.701. The summed E-state index contributed by atoms with van der Waals surface area (Å²) in [7, 11) is -3.20. The number of aromatic nitrogens is 3. The van der Waals surface area contributed by atoms with Crippen LogP contribution in [0.15, 0.2) is 6.33 Å². The van der Waals surface area contributed by atoms with Crippen LogP contribution in [0.2, 0.25) is 0 Å². The number of sulfonamides is 1. The third-order valence-corrected chi connectivity index (χ3v) is 3.58. The Morgan fingerprint density at radius 2 is 2.20 bits per heavy atom. The minimum Gasteiger partial charge on any atom is -0.317 e. The first-order chi connectivity index (χ1) is 7.00. The fourth-order valence-electron chi connectivity index (χ4n) is 1.25. The lowest BCUT2D eigenvalue weighted by molar-refractivity contribution is 0.547. The molecule has 1 heterocycles. The van der Waals surface area contributed by atoms with Crippen molar-refractivity contribution < 1.29 is 8.42 Å². The predicted molar refractivity (Wildman–Crippen MR) is 56.7 cm³/mol. The molecule has 7 heteroatoms. The number of nitrogens with zero attached hydrogens (tertiary/aromatic N) is 3. The van der Waals surface area contributed by atoms with E-state index in [1.165, 1.54) is 0 Å². The SMILES string of the molecule is CCn1cnnc1C(C)NS(=O)(=O)CC. The first kappa shape index (κ1) is 12.1. The van der Waals surface area contributed by atoms with Gasteiger partial charge in [-0.15, -0.1) is 10.2 Å². The van der Waals surface area contributed by atoms with Crippen LogP contribution in [0.1, 0.15) is 32.6 Å². The molecule has 6 nitrogen and oxygen atoms in total. The van der Waals surface area contributed by atoms with Crippen molar-refractivity contribution in [1.29, 1.82) is 0 Å². The second-order valence-electron chi connectivity index (χ2n) is 3.22. The van der Waals surface area contributed by atoms with Gasteiger partial charge >= 0.3 is 0 Å². The summed E-state index contributed by atoms with van der Waals surface area (Å²) in [5, 5.41) is 7.64. The van der Waals surface area contributed by atoms with E-state index in [1.54, 1.807) is 20.2 Å². The number of aryl methyl sites for hydroxylation is 1. The Balaban J connectivity index is 2.82. The molecule has 1 unspecified atom stereocenters. The molecule has 0 radical (unpaired) electrons. The molecule has 0 bridgehead atoms. The lowest BCUT2D eigenvalue weighted by atomic mass is 10.3. The highest BCUT2D eigenvalue weighted by Gasteiger charge is 2.17. The molecule has 0 saturated heterocycles. The number of nitrogens with one attached hydrogen (secondary N) is 1. The topological polar surface area (TPSA) is 76.9 Å². The number of hydrogen-bond donors (Lipinski definition) is 1. The van der Waals surface area contributed by atoms with Crippen molar-refractivity contribution in [2.75, 3.05) is 5.75 Å². The molecule has 0 fully saturated rings. The molecule has 86 valence electrons. The van der Waals surface area contributed by atoms with Gasteiger partial charge in [-0.05, 0) is 20.8 Å². The average Bonchev–Trinajstić information content (AvgIpc) is 2.64. The van der Waals surface area contributed by atoms with Crippen molar-refractivity contribution in [1.82, 2.24) is 19.5 Å². The maximum Gasteiger partial charge on any atom is 0.211 e. The van der Waals surface area contributed by atoms with Crippen molar-refractivity contribution in [3.05, 3.63) is 12.2 Å². The molecular formula is C8H16N4O2S. The molecule has 0 aromatic carbocycles. The van der Waals surface area contributed by atoms with E-state index < -0.39 is 10.0 Å². The number of hydrogen-bond acceptors (Lipinski definition) is 4. The predicted octanol–water partition coefficient (Wildman–Crippen LogP) is 0.298. The fourth-order valence-corrected chi connectivity index (χ4v) is 2.06. The van der Waals surface area contributed by atoms with E-state index in [0.717, 1.165) is 6.54 Å². The molecule has 1 atom stereocenters. The summed E-state index contributed by atoms with van der Waals surface area (Å²) in [4.78, 5) is 0. The molecule has 0 aliphatic heterocycles. The zero-order valence-electron chi connectivity index (χ0n) is 9.14. The molecule has 0 spiro atoms. The van der Waals surface area contributed by atoms with Gasteiger partial charge in [0.25, 0.3) is 0 Å². The van der Waals surface area contributed by atoms with Gasteiger partial charge in [-0.25, -0.2) is 13.1 Å².